The van der Waals surface area contributed by atoms with Crippen molar-refractivity contribution < 1.29 is 19.3 Å². The highest BCUT2D eigenvalue weighted by Crippen LogP contribution is 2.50. The van der Waals surface area contributed by atoms with E-state index in [1.54, 1.807) is 7.11 Å². The fourth-order valence-electron chi connectivity index (χ4n) is 2.97. The van der Waals surface area contributed by atoms with Crippen molar-refractivity contribution in [2.24, 2.45) is 0 Å². The van der Waals surface area contributed by atoms with Gasteiger partial charge in [0.15, 0.2) is 11.5 Å². The molecule has 0 saturated carbocycles. The number of fused-ring (bicyclic) bond motifs is 2. The zero-order valence-corrected chi connectivity index (χ0v) is 11.3. The van der Waals surface area contributed by atoms with Gasteiger partial charge < -0.3 is 24.6 Å². The Balaban J connectivity index is 2.19. The lowest BCUT2D eigenvalue weighted by Crippen LogP contribution is -2.18. The van der Waals surface area contributed by atoms with Crippen LogP contribution in [0.25, 0.3) is 0 Å². The third-order valence-corrected chi connectivity index (χ3v) is 3.73. The summed E-state index contributed by atoms with van der Waals surface area (Å²) in [5, 5.41) is 13.4. The van der Waals surface area contributed by atoms with Crippen molar-refractivity contribution >= 4 is 0 Å². The van der Waals surface area contributed by atoms with Gasteiger partial charge in [0.1, 0.15) is 5.75 Å². The van der Waals surface area contributed by atoms with Crippen LogP contribution in [-0.4, -0.2) is 39.0 Å². The monoisotopic (exact) mass is 265 g/mol. The molecule has 2 aliphatic rings. The number of nitrogens with one attached hydrogen (secondary N) is 1. The topological polar surface area (TPSA) is 60.0 Å². The first-order chi connectivity index (χ1) is 9.27. The molecule has 2 N–H and O–H groups in total. The van der Waals surface area contributed by atoms with Crippen molar-refractivity contribution in [1.29, 1.82) is 0 Å². The van der Waals surface area contributed by atoms with Gasteiger partial charge in [-0.05, 0) is 7.05 Å². The van der Waals surface area contributed by atoms with E-state index in [0.717, 1.165) is 46.8 Å². The second-order valence-electron chi connectivity index (χ2n) is 4.83. The van der Waals surface area contributed by atoms with Crippen LogP contribution < -0.4 is 19.5 Å². The number of benzene rings is 1. The van der Waals surface area contributed by atoms with Gasteiger partial charge in [0, 0.05) is 36.1 Å². The molecular formula is C14H19NO4. The number of ether oxygens (including phenoxy) is 3. The molecule has 2 heterocycles. The summed E-state index contributed by atoms with van der Waals surface area (Å²) in [6, 6.07) is 0. The molecule has 2 aliphatic heterocycles. The van der Waals surface area contributed by atoms with E-state index in [-0.39, 0.29) is 0 Å². The van der Waals surface area contributed by atoms with Gasteiger partial charge in [0.05, 0.1) is 26.4 Å². The summed E-state index contributed by atoms with van der Waals surface area (Å²) in [4.78, 5) is 0. The Morgan fingerprint density at radius 2 is 1.89 bits per heavy atom. The zero-order chi connectivity index (χ0) is 13.4. The van der Waals surface area contributed by atoms with Crippen LogP contribution in [0.1, 0.15) is 22.8 Å². The van der Waals surface area contributed by atoms with Crippen LogP contribution in [0.2, 0.25) is 0 Å². The van der Waals surface area contributed by atoms with Gasteiger partial charge in [-0.2, -0.15) is 0 Å². The van der Waals surface area contributed by atoms with Crippen LogP contribution in [-0.2, 0) is 12.8 Å². The predicted molar refractivity (Wildman–Crippen MR) is 70.3 cm³/mol. The minimum absolute atomic E-state index is 0.495. The van der Waals surface area contributed by atoms with Crippen molar-refractivity contribution in [3.05, 3.63) is 16.7 Å². The Morgan fingerprint density at radius 3 is 2.58 bits per heavy atom. The van der Waals surface area contributed by atoms with Crippen molar-refractivity contribution in [3.8, 4) is 17.2 Å². The summed E-state index contributed by atoms with van der Waals surface area (Å²) in [5.41, 5.74) is 2.92. The van der Waals surface area contributed by atoms with Gasteiger partial charge in [0.2, 0.25) is 0 Å². The number of aliphatic hydroxyl groups is 1. The first-order valence-electron chi connectivity index (χ1n) is 6.61. The Morgan fingerprint density at radius 1 is 1.21 bits per heavy atom. The minimum atomic E-state index is -0.585. The number of hydrogen-bond acceptors (Lipinski definition) is 5. The number of rotatable bonds is 4. The molecule has 1 aromatic carbocycles. The Bertz CT molecular complexity index is 466. The molecular weight excluding hydrogens is 246 g/mol. The molecule has 0 fully saturated rings. The molecule has 104 valence electrons. The average Bonchev–Trinajstić information content (AvgIpc) is 3.03. The van der Waals surface area contributed by atoms with Crippen molar-refractivity contribution in [1.82, 2.24) is 5.32 Å². The van der Waals surface area contributed by atoms with Crippen LogP contribution in [0, 0.1) is 0 Å². The third-order valence-electron chi connectivity index (χ3n) is 3.73. The number of hydrogen-bond donors (Lipinski definition) is 2. The molecule has 3 rings (SSSR count). The van der Waals surface area contributed by atoms with E-state index in [9.17, 15) is 5.11 Å². The summed E-state index contributed by atoms with van der Waals surface area (Å²) < 4.78 is 16.9. The minimum Gasteiger partial charge on any atom is -0.492 e. The lowest BCUT2D eigenvalue weighted by atomic mass is 9.94. The summed E-state index contributed by atoms with van der Waals surface area (Å²) in [6.07, 6.45) is 1.01. The first-order valence-corrected chi connectivity index (χ1v) is 6.61. The maximum absolute atomic E-state index is 10.4. The van der Waals surface area contributed by atoms with E-state index in [2.05, 4.69) is 5.32 Å². The Hall–Kier alpha value is -1.46. The molecule has 0 aromatic heterocycles. The van der Waals surface area contributed by atoms with Crippen LogP contribution in [0.3, 0.4) is 0 Å². The van der Waals surface area contributed by atoms with Crippen LogP contribution >= 0.6 is 0 Å². The van der Waals surface area contributed by atoms with Crippen molar-refractivity contribution in [2.75, 3.05) is 33.9 Å². The van der Waals surface area contributed by atoms with Gasteiger partial charge in [-0.15, -0.1) is 0 Å². The second-order valence-corrected chi connectivity index (χ2v) is 4.83. The average molecular weight is 265 g/mol. The SMILES string of the molecule is CNCC(O)c1c2c(c(OC)c3c1OCC3)OCC2. The van der Waals surface area contributed by atoms with Gasteiger partial charge in [-0.3, -0.25) is 0 Å². The molecule has 0 spiro atoms. The first kappa shape index (κ1) is 12.6. The summed E-state index contributed by atoms with van der Waals surface area (Å²) >= 11 is 0. The fourth-order valence-corrected chi connectivity index (χ4v) is 2.97. The van der Waals surface area contributed by atoms with Crippen LogP contribution in [0.15, 0.2) is 0 Å². The lowest BCUT2D eigenvalue weighted by Gasteiger charge is -2.20. The number of aliphatic hydroxyl groups excluding tert-OH is 1. The van der Waals surface area contributed by atoms with Crippen LogP contribution in [0.4, 0.5) is 0 Å². The van der Waals surface area contributed by atoms with E-state index in [0.29, 0.717) is 19.8 Å². The summed E-state index contributed by atoms with van der Waals surface area (Å²) in [6.45, 7) is 1.76. The summed E-state index contributed by atoms with van der Waals surface area (Å²) in [7, 11) is 3.48. The highest BCUT2D eigenvalue weighted by Gasteiger charge is 2.34. The van der Waals surface area contributed by atoms with E-state index in [4.69, 9.17) is 14.2 Å². The third kappa shape index (κ3) is 1.84. The fraction of sp³-hybridized carbons (Fsp3) is 0.571. The predicted octanol–water partition coefficient (Wildman–Crippen LogP) is 0.818. The molecule has 0 radical (unpaired) electrons. The normalized spacial score (nSPS) is 17.4. The quantitative estimate of drug-likeness (QED) is 0.844. The Labute approximate surface area is 112 Å². The van der Waals surface area contributed by atoms with Gasteiger partial charge in [0.25, 0.3) is 0 Å². The zero-order valence-electron chi connectivity index (χ0n) is 11.3. The molecule has 1 atom stereocenters. The molecule has 5 heteroatoms. The van der Waals surface area contributed by atoms with Gasteiger partial charge >= 0.3 is 0 Å². The summed E-state index contributed by atoms with van der Waals surface area (Å²) in [5.74, 6) is 2.36. The van der Waals surface area contributed by atoms with Crippen molar-refractivity contribution in [3.63, 3.8) is 0 Å². The van der Waals surface area contributed by atoms with E-state index in [1.807, 2.05) is 7.05 Å². The van der Waals surface area contributed by atoms with Crippen molar-refractivity contribution in [2.45, 2.75) is 18.9 Å². The Kier molecular flexibility index (Phi) is 3.24. The van der Waals surface area contributed by atoms with E-state index < -0.39 is 6.10 Å². The highest BCUT2D eigenvalue weighted by atomic mass is 16.5. The maximum atomic E-state index is 10.4. The number of methoxy groups -OCH3 is 1. The molecule has 1 aromatic rings. The number of likely N-dealkylation sites (N-methyl/N-ethyl adjacent to an activating group) is 1. The molecule has 0 saturated heterocycles. The standard InChI is InChI=1S/C14H19NO4/c1-15-7-10(16)11-8-3-5-19-14(8)13(17-2)9-4-6-18-12(9)11/h10,15-16H,3-7H2,1-2H3. The molecule has 0 bridgehead atoms. The molecule has 19 heavy (non-hydrogen) atoms. The van der Waals surface area contributed by atoms with E-state index in [1.165, 1.54) is 0 Å². The molecule has 5 nitrogen and oxygen atoms in total. The highest BCUT2D eigenvalue weighted by molar-refractivity contribution is 5.66. The second kappa shape index (κ2) is 4.90. The molecule has 0 amide bonds. The lowest BCUT2D eigenvalue weighted by molar-refractivity contribution is 0.172. The molecule has 1 unspecified atom stereocenters. The smallest absolute Gasteiger partial charge is 0.168 e. The molecule has 0 aliphatic carbocycles. The van der Waals surface area contributed by atoms with Crippen LogP contribution in [0.5, 0.6) is 17.2 Å². The van der Waals surface area contributed by atoms with E-state index >= 15 is 0 Å². The van der Waals surface area contributed by atoms with Gasteiger partial charge in [-0.1, -0.05) is 0 Å². The van der Waals surface area contributed by atoms with Gasteiger partial charge in [-0.25, -0.2) is 0 Å². The largest absolute Gasteiger partial charge is 0.492 e. The maximum Gasteiger partial charge on any atom is 0.168 e.